The summed E-state index contributed by atoms with van der Waals surface area (Å²) in [7, 11) is 0. The molecular weight excluding hydrogens is 193 g/mol. The highest BCUT2D eigenvalue weighted by atomic mass is 19.1. The SMILES string of the molecule is Fc1cccc2c1CC(NC1CC1)CO2. The molecule has 1 aliphatic carbocycles. The van der Waals surface area contributed by atoms with Crippen LogP contribution in [-0.2, 0) is 6.42 Å². The second-order valence-electron chi connectivity index (χ2n) is 4.37. The van der Waals surface area contributed by atoms with E-state index in [4.69, 9.17) is 4.74 Å². The van der Waals surface area contributed by atoms with Gasteiger partial charge in [-0.2, -0.15) is 0 Å². The Labute approximate surface area is 88.4 Å². The van der Waals surface area contributed by atoms with E-state index in [-0.39, 0.29) is 11.9 Å². The normalized spacial score (nSPS) is 24.5. The zero-order valence-electron chi connectivity index (χ0n) is 8.50. The molecule has 0 aromatic heterocycles. The van der Waals surface area contributed by atoms with Crippen LogP contribution < -0.4 is 10.1 Å². The summed E-state index contributed by atoms with van der Waals surface area (Å²) in [5.74, 6) is 0.568. The first-order valence-corrected chi connectivity index (χ1v) is 5.49. The standard InChI is InChI=1S/C12H14FNO/c13-11-2-1-3-12-10(11)6-9(7-15-12)14-8-4-5-8/h1-3,8-9,14H,4-7H2. The van der Waals surface area contributed by atoms with E-state index in [1.54, 1.807) is 6.07 Å². The molecule has 1 fully saturated rings. The van der Waals surface area contributed by atoms with Gasteiger partial charge in [0.15, 0.2) is 0 Å². The van der Waals surface area contributed by atoms with E-state index in [1.165, 1.54) is 18.9 Å². The van der Waals surface area contributed by atoms with Gasteiger partial charge < -0.3 is 10.1 Å². The minimum atomic E-state index is -0.144. The maximum Gasteiger partial charge on any atom is 0.130 e. The third-order valence-electron chi connectivity index (χ3n) is 3.02. The zero-order valence-corrected chi connectivity index (χ0v) is 8.50. The van der Waals surface area contributed by atoms with Gasteiger partial charge in [0.05, 0.1) is 0 Å². The molecule has 1 aliphatic heterocycles. The van der Waals surface area contributed by atoms with E-state index in [2.05, 4.69) is 5.32 Å². The van der Waals surface area contributed by atoms with Crippen LogP contribution in [-0.4, -0.2) is 18.7 Å². The lowest BCUT2D eigenvalue weighted by atomic mass is 10.0. The van der Waals surface area contributed by atoms with E-state index >= 15 is 0 Å². The molecule has 1 saturated carbocycles. The van der Waals surface area contributed by atoms with E-state index in [9.17, 15) is 4.39 Å². The van der Waals surface area contributed by atoms with Crippen molar-refractivity contribution in [1.29, 1.82) is 0 Å². The zero-order chi connectivity index (χ0) is 10.3. The number of fused-ring (bicyclic) bond motifs is 1. The fourth-order valence-electron chi connectivity index (χ4n) is 2.06. The average molecular weight is 207 g/mol. The van der Waals surface area contributed by atoms with Gasteiger partial charge in [0.1, 0.15) is 18.2 Å². The van der Waals surface area contributed by atoms with Gasteiger partial charge in [-0.15, -0.1) is 0 Å². The van der Waals surface area contributed by atoms with Crippen molar-refractivity contribution in [3.63, 3.8) is 0 Å². The lowest BCUT2D eigenvalue weighted by Crippen LogP contribution is -2.40. The molecule has 0 amide bonds. The maximum absolute atomic E-state index is 13.5. The number of nitrogens with one attached hydrogen (secondary N) is 1. The predicted molar refractivity (Wildman–Crippen MR) is 55.5 cm³/mol. The second kappa shape index (κ2) is 3.49. The molecule has 3 heteroatoms. The fourth-order valence-corrected chi connectivity index (χ4v) is 2.06. The summed E-state index contributed by atoms with van der Waals surface area (Å²) < 4.78 is 19.0. The summed E-state index contributed by atoms with van der Waals surface area (Å²) in [6.07, 6.45) is 3.25. The van der Waals surface area contributed by atoms with Gasteiger partial charge in [-0.1, -0.05) is 6.07 Å². The van der Waals surface area contributed by atoms with Crippen LogP contribution in [0.3, 0.4) is 0 Å². The molecule has 0 spiro atoms. The van der Waals surface area contributed by atoms with Crippen LogP contribution in [0, 0.1) is 5.82 Å². The van der Waals surface area contributed by atoms with Gasteiger partial charge in [-0.25, -0.2) is 4.39 Å². The summed E-state index contributed by atoms with van der Waals surface area (Å²) in [5, 5.41) is 3.47. The molecule has 2 nitrogen and oxygen atoms in total. The Morgan fingerprint density at radius 3 is 2.93 bits per heavy atom. The molecule has 0 radical (unpaired) electrons. The van der Waals surface area contributed by atoms with Crippen LogP contribution in [0.1, 0.15) is 18.4 Å². The fraction of sp³-hybridized carbons (Fsp3) is 0.500. The van der Waals surface area contributed by atoms with Crippen molar-refractivity contribution in [3.8, 4) is 5.75 Å². The third kappa shape index (κ3) is 1.84. The quantitative estimate of drug-likeness (QED) is 0.799. The Kier molecular flexibility index (Phi) is 2.13. The Hall–Kier alpha value is -1.09. The lowest BCUT2D eigenvalue weighted by molar-refractivity contribution is 0.234. The first kappa shape index (κ1) is 9.16. The summed E-state index contributed by atoms with van der Waals surface area (Å²) in [6.45, 7) is 0.660. The molecule has 1 heterocycles. The van der Waals surface area contributed by atoms with Crippen molar-refractivity contribution in [2.24, 2.45) is 0 Å². The van der Waals surface area contributed by atoms with Gasteiger partial charge in [0.25, 0.3) is 0 Å². The van der Waals surface area contributed by atoms with Gasteiger partial charge in [-0.05, 0) is 31.4 Å². The van der Waals surface area contributed by atoms with Crippen molar-refractivity contribution in [3.05, 3.63) is 29.6 Å². The topological polar surface area (TPSA) is 21.3 Å². The molecule has 1 N–H and O–H groups in total. The number of hydrogen-bond donors (Lipinski definition) is 1. The van der Waals surface area contributed by atoms with Crippen LogP contribution >= 0.6 is 0 Å². The van der Waals surface area contributed by atoms with Crippen molar-refractivity contribution in [1.82, 2.24) is 5.32 Å². The monoisotopic (exact) mass is 207 g/mol. The summed E-state index contributed by atoms with van der Waals surface area (Å²) in [4.78, 5) is 0. The number of hydrogen-bond acceptors (Lipinski definition) is 2. The van der Waals surface area contributed by atoms with Crippen LogP contribution in [0.2, 0.25) is 0 Å². The molecule has 0 bridgehead atoms. The smallest absolute Gasteiger partial charge is 0.130 e. The first-order chi connectivity index (χ1) is 7.33. The molecule has 15 heavy (non-hydrogen) atoms. The number of ether oxygens (including phenoxy) is 1. The van der Waals surface area contributed by atoms with Gasteiger partial charge in [-0.3, -0.25) is 0 Å². The molecule has 1 unspecified atom stereocenters. The van der Waals surface area contributed by atoms with Gasteiger partial charge in [0, 0.05) is 17.6 Å². The predicted octanol–water partition coefficient (Wildman–Crippen LogP) is 1.88. The Balaban J connectivity index is 1.78. The van der Waals surface area contributed by atoms with Gasteiger partial charge >= 0.3 is 0 Å². The Bertz CT molecular complexity index is 376. The van der Waals surface area contributed by atoms with Crippen LogP contribution in [0.5, 0.6) is 5.75 Å². The molecule has 1 atom stereocenters. The van der Waals surface area contributed by atoms with E-state index in [0.29, 0.717) is 18.4 Å². The van der Waals surface area contributed by atoms with Gasteiger partial charge in [0.2, 0.25) is 0 Å². The van der Waals surface area contributed by atoms with E-state index in [0.717, 1.165) is 12.0 Å². The molecule has 0 saturated heterocycles. The minimum absolute atomic E-state index is 0.144. The lowest BCUT2D eigenvalue weighted by Gasteiger charge is -2.26. The summed E-state index contributed by atoms with van der Waals surface area (Å²) in [5.41, 5.74) is 0.724. The van der Waals surface area contributed by atoms with Crippen molar-refractivity contribution >= 4 is 0 Å². The summed E-state index contributed by atoms with van der Waals surface area (Å²) >= 11 is 0. The number of benzene rings is 1. The van der Waals surface area contributed by atoms with E-state index in [1.807, 2.05) is 6.07 Å². The van der Waals surface area contributed by atoms with Crippen LogP contribution in [0.4, 0.5) is 4.39 Å². The highest BCUT2D eigenvalue weighted by molar-refractivity contribution is 5.37. The first-order valence-electron chi connectivity index (χ1n) is 5.49. The molecule has 3 rings (SSSR count). The molecule has 2 aliphatic rings. The number of rotatable bonds is 2. The summed E-state index contributed by atoms with van der Waals surface area (Å²) in [6, 6.07) is 5.96. The van der Waals surface area contributed by atoms with Crippen LogP contribution in [0.25, 0.3) is 0 Å². The highest BCUT2D eigenvalue weighted by Crippen LogP contribution is 2.28. The molecule has 1 aromatic rings. The van der Waals surface area contributed by atoms with Crippen molar-refractivity contribution in [2.75, 3.05) is 6.61 Å². The third-order valence-corrected chi connectivity index (χ3v) is 3.02. The minimum Gasteiger partial charge on any atom is -0.492 e. The Morgan fingerprint density at radius 1 is 1.27 bits per heavy atom. The van der Waals surface area contributed by atoms with E-state index < -0.39 is 0 Å². The largest absolute Gasteiger partial charge is 0.492 e. The second-order valence-corrected chi connectivity index (χ2v) is 4.37. The highest BCUT2D eigenvalue weighted by Gasteiger charge is 2.28. The molecule has 80 valence electrons. The van der Waals surface area contributed by atoms with Crippen molar-refractivity contribution in [2.45, 2.75) is 31.3 Å². The molecular formula is C12H14FNO. The number of halogens is 1. The Morgan fingerprint density at radius 2 is 2.13 bits per heavy atom. The maximum atomic E-state index is 13.5. The molecule has 1 aromatic carbocycles. The van der Waals surface area contributed by atoms with Crippen LogP contribution in [0.15, 0.2) is 18.2 Å². The van der Waals surface area contributed by atoms with Crippen molar-refractivity contribution < 1.29 is 9.13 Å². The average Bonchev–Trinajstić information content (AvgIpc) is 3.03.